The van der Waals surface area contributed by atoms with Crippen LogP contribution in [0.4, 0.5) is 11.5 Å². The standard InChI is InChI=1S/C25H34ClN7O5S2/c1-16-14-33-23(28-24(16)31-10-8-19(27)15-31)13-22(29-33)17(2)32(9-5-11-39(3,35)36)25(34)20-12-18(26)6-7-21(20)30-40(4,37)38/h6-7,12-14,17,19,30H,5,8-11,15,27H2,1-4H3/t17-,19-/m0/s1. The predicted molar refractivity (Wildman–Crippen MR) is 156 cm³/mol. The number of sulfone groups is 1. The first-order valence-corrected chi connectivity index (χ1v) is 17.1. The van der Waals surface area contributed by atoms with Gasteiger partial charge in [-0.25, -0.2) is 26.3 Å². The number of sulfonamides is 1. The maximum atomic E-state index is 13.9. The Morgan fingerprint density at radius 3 is 2.60 bits per heavy atom. The van der Waals surface area contributed by atoms with Gasteiger partial charge in [0.15, 0.2) is 5.65 Å². The number of anilines is 2. The zero-order chi connectivity index (χ0) is 29.4. The van der Waals surface area contributed by atoms with Crippen LogP contribution in [0.5, 0.6) is 0 Å². The molecule has 218 valence electrons. The first kappa shape index (κ1) is 30.0. The van der Waals surface area contributed by atoms with E-state index in [-0.39, 0.29) is 41.0 Å². The Morgan fingerprint density at radius 1 is 1.25 bits per heavy atom. The van der Waals surface area contributed by atoms with Crippen molar-refractivity contribution in [1.82, 2.24) is 19.5 Å². The molecule has 3 N–H and O–H groups in total. The number of hydrogen-bond donors (Lipinski definition) is 2. The van der Waals surface area contributed by atoms with E-state index in [4.69, 9.17) is 22.3 Å². The number of nitrogens with zero attached hydrogens (tertiary/aromatic N) is 5. The number of nitrogens with one attached hydrogen (secondary N) is 1. The van der Waals surface area contributed by atoms with Crippen molar-refractivity contribution in [2.24, 2.45) is 5.73 Å². The van der Waals surface area contributed by atoms with Gasteiger partial charge in [-0.3, -0.25) is 9.52 Å². The lowest BCUT2D eigenvalue weighted by Crippen LogP contribution is -2.36. The number of carbonyl (C=O) groups is 1. The molecule has 0 unspecified atom stereocenters. The van der Waals surface area contributed by atoms with E-state index < -0.39 is 31.8 Å². The Bertz CT molecular complexity index is 1640. The summed E-state index contributed by atoms with van der Waals surface area (Å²) in [5.74, 6) is 0.180. The molecule has 1 saturated heterocycles. The highest BCUT2D eigenvalue weighted by Gasteiger charge is 2.28. The highest BCUT2D eigenvalue weighted by atomic mass is 35.5. The van der Waals surface area contributed by atoms with Crippen LogP contribution < -0.4 is 15.4 Å². The molecule has 4 rings (SSSR count). The topological polar surface area (TPSA) is 160 Å². The molecule has 2 atom stereocenters. The van der Waals surface area contributed by atoms with Crippen LogP contribution in [0.3, 0.4) is 0 Å². The van der Waals surface area contributed by atoms with E-state index in [2.05, 4.69) is 14.7 Å². The summed E-state index contributed by atoms with van der Waals surface area (Å²) in [5.41, 5.74) is 8.25. The summed E-state index contributed by atoms with van der Waals surface area (Å²) in [6.45, 7) is 5.34. The summed E-state index contributed by atoms with van der Waals surface area (Å²) in [6.07, 6.45) is 5.05. The second kappa shape index (κ2) is 11.5. The molecule has 1 fully saturated rings. The van der Waals surface area contributed by atoms with Crippen LogP contribution in [0.15, 0.2) is 30.5 Å². The number of amides is 1. The molecule has 2 aromatic heterocycles. The summed E-state index contributed by atoms with van der Waals surface area (Å²) >= 11 is 6.18. The average molecular weight is 612 g/mol. The zero-order valence-corrected chi connectivity index (χ0v) is 25.2. The summed E-state index contributed by atoms with van der Waals surface area (Å²) in [5, 5.41) is 4.91. The summed E-state index contributed by atoms with van der Waals surface area (Å²) in [6, 6.07) is 5.55. The average Bonchev–Trinajstić information content (AvgIpc) is 3.45. The van der Waals surface area contributed by atoms with Gasteiger partial charge >= 0.3 is 0 Å². The van der Waals surface area contributed by atoms with Crippen molar-refractivity contribution in [3.63, 3.8) is 0 Å². The summed E-state index contributed by atoms with van der Waals surface area (Å²) < 4.78 is 51.6. The molecule has 0 radical (unpaired) electrons. The van der Waals surface area contributed by atoms with E-state index in [1.807, 2.05) is 13.1 Å². The van der Waals surface area contributed by atoms with Crippen LogP contribution >= 0.6 is 11.6 Å². The van der Waals surface area contributed by atoms with Crippen LogP contribution in [0, 0.1) is 6.92 Å². The molecule has 1 aliphatic rings. The van der Waals surface area contributed by atoms with Crippen molar-refractivity contribution >= 4 is 54.5 Å². The molecule has 3 heterocycles. The fourth-order valence-corrected chi connectivity index (χ4v) is 6.19. The molecule has 0 spiro atoms. The van der Waals surface area contributed by atoms with Gasteiger partial charge in [-0.05, 0) is 44.9 Å². The molecule has 1 aliphatic heterocycles. The third-order valence-corrected chi connectivity index (χ3v) is 8.58. The van der Waals surface area contributed by atoms with Gasteiger partial charge in [0.1, 0.15) is 15.7 Å². The highest BCUT2D eigenvalue weighted by molar-refractivity contribution is 7.92. The lowest BCUT2D eigenvalue weighted by atomic mass is 10.1. The quantitative estimate of drug-likeness (QED) is 0.350. The fraction of sp³-hybridized carbons (Fsp3) is 0.480. The third-order valence-electron chi connectivity index (χ3n) is 6.73. The van der Waals surface area contributed by atoms with E-state index >= 15 is 0 Å². The van der Waals surface area contributed by atoms with E-state index in [0.717, 1.165) is 36.9 Å². The van der Waals surface area contributed by atoms with Crippen molar-refractivity contribution < 1.29 is 21.6 Å². The van der Waals surface area contributed by atoms with Gasteiger partial charge in [0.05, 0.1) is 35.0 Å². The molecule has 12 nitrogen and oxygen atoms in total. The Balaban J connectivity index is 1.71. The van der Waals surface area contributed by atoms with Crippen LogP contribution in [-0.4, -0.2) is 86.2 Å². The number of halogens is 1. The Labute approximate surface area is 239 Å². The Hall–Kier alpha value is -2.94. The fourth-order valence-electron chi connectivity index (χ4n) is 4.79. The predicted octanol–water partition coefficient (Wildman–Crippen LogP) is 2.24. The number of benzene rings is 1. The second-order valence-corrected chi connectivity index (χ2v) is 14.8. The highest BCUT2D eigenvalue weighted by Crippen LogP contribution is 2.29. The van der Waals surface area contributed by atoms with Gasteiger partial charge in [0.2, 0.25) is 10.0 Å². The van der Waals surface area contributed by atoms with Gasteiger partial charge in [-0.15, -0.1) is 0 Å². The lowest BCUT2D eigenvalue weighted by Gasteiger charge is -2.29. The summed E-state index contributed by atoms with van der Waals surface area (Å²) in [7, 11) is -6.97. The number of aryl methyl sites for hydroxylation is 1. The molecular formula is C25H34ClN7O5S2. The monoisotopic (exact) mass is 611 g/mol. The van der Waals surface area contributed by atoms with Gasteiger partial charge in [-0.1, -0.05) is 11.6 Å². The molecule has 0 aliphatic carbocycles. The van der Waals surface area contributed by atoms with E-state index in [1.54, 1.807) is 17.5 Å². The second-order valence-electron chi connectivity index (χ2n) is 10.3. The minimum absolute atomic E-state index is 0.0366. The van der Waals surface area contributed by atoms with Crippen molar-refractivity contribution in [3.8, 4) is 0 Å². The van der Waals surface area contributed by atoms with Crippen LogP contribution in [0.1, 0.15) is 47.4 Å². The largest absolute Gasteiger partial charge is 0.355 e. The first-order chi connectivity index (χ1) is 18.6. The van der Waals surface area contributed by atoms with Crippen LogP contribution in [0.25, 0.3) is 5.65 Å². The number of rotatable bonds is 10. The van der Waals surface area contributed by atoms with Gasteiger partial charge in [-0.2, -0.15) is 5.10 Å². The molecule has 0 bridgehead atoms. The van der Waals surface area contributed by atoms with Crippen molar-refractivity contribution in [2.75, 3.05) is 47.5 Å². The Morgan fingerprint density at radius 2 is 1.98 bits per heavy atom. The number of hydrogen-bond acceptors (Lipinski definition) is 9. The SMILES string of the molecule is Cc1cn2nc([C@H](C)N(CCCS(C)(=O)=O)C(=O)c3cc(Cl)ccc3NS(C)(=O)=O)cc2nc1N1CC[C@H](N)C1. The molecule has 1 amide bonds. The number of fused-ring (bicyclic) bond motifs is 1. The number of carbonyl (C=O) groups excluding carboxylic acids is 1. The third kappa shape index (κ3) is 7.22. The first-order valence-electron chi connectivity index (χ1n) is 12.7. The maximum Gasteiger partial charge on any atom is 0.256 e. The number of aromatic nitrogens is 3. The van der Waals surface area contributed by atoms with Crippen LogP contribution in [-0.2, 0) is 19.9 Å². The maximum absolute atomic E-state index is 13.9. The number of nitrogens with two attached hydrogens (primary N) is 1. The van der Waals surface area contributed by atoms with E-state index in [9.17, 15) is 21.6 Å². The molecular weight excluding hydrogens is 578 g/mol. The molecule has 1 aromatic carbocycles. The minimum atomic E-state index is -3.70. The van der Waals surface area contributed by atoms with Crippen molar-refractivity contribution in [2.45, 2.75) is 38.8 Å². The van der Waals surface area contributed by atoms with Crippen molar-refractivity contribution in [1.29, 1.82) is 0 Å². The van der Waals surface area contributed by atoms with Crippen molar-refractivity contribution in [3.05, 3.63) is 52.3 Å². The molecule has 0 saturated carbocycles. The molecule has 15 heteroatoms. The minimum Gasteiger partial charge on any atom is -0.355 e. The smallest absolute Gasteiger partial charge is 0.256 e. The lowest BCUT2D eigenvalue weighted by molar-refractivity contribution is 0.0688. The van der Waals surface area contributed by atoms with Gasteiger partial charge in [0.25, 0.3) is 5.91 Å². The zero-order valence-electron chi connectivity index (χ0n) is 22.8. The van der Waals surface area contributed by atoms with E-state index in [1.165, 1.54) is 23.1 Å². The van der Waals surface area contributed by atoms with Gasteiger partial charge < -0.3 is 15.5 Å². The van der Waals surface area contributed by atoms with Gasteiger partial charge in [0, 0.05) is 54.8 Å². The molecule has 3 aromatic rings. The normalized spacial score (nSPS) is 16.9. The Kier molecular flexibility index (Phi) is 8.64. The summed E-state index contributed by atoms with van der Waals surface area (Å²) in [4.78, 5) is 22.3. The van der Waals surface area contributed by atoms with Crippen LogP contribution in [0.2, 0.25) is 5.02 Å². The van der Waals surface area contributed by atoms with E-state index in [0.29, 0.717) is 17.9 Å². The molecule has 40 heavy (non-hydrogen) atoms.